The van der Waals surface area contributed by atoms with Crippen LogP contribution in [0.25, 0.3) is 0 Å². The highest BCUT2D eigenvalue weighted by Crippen LogP contribution is 2.22. The molecular formula is C9H17N5. The number of nitrogens with two attached hydrogens (primary N) is 2. The van der Waals surface area contributed by atoms with Crippen molar-refractivity contribution in [3.8, 4) is 0 Å². The first-order valence-electron chi connectivity index (χ1n) is 4.47. The average molecular weight is 195 g/mol. The summed E-state index contributed by atoms with van der Waals surface area (Å²) in [6.07, 6.45) is 0. The molecule has 0 aliphatic rings. The first kappa shape index (κ1) is 10.6. The molecule has 0 bridgehead atoms. The number of aromatic nitrogens is 2. The molecule has 0 amide bonds. The average Bonchev–Trinajstić information content (AvgIpc) is 2.30. The zero-order valence-corrected chi connectivity index (χ0v) is 8.83. The minimum absolute atomic E-state index is 0.0316. The van der Waals surface area contributed by atoms with Gasteiger partial charge in [0.25, 0.3) is 0 Å². The van der Waals surface area contributed by atoms with Gasteiger partial charge in [0.05, 0.1) is 12.2 Å². The Balaban J connectivity index is 2.99. The number of anilines is 1. The van der Waals surface area contributed by atoms with E-state index in [4.69, 9.17) is 16.9 Å². The second kappa shape index (κ2) is 3.32. The van der Waals surface area contributed by atoms with Crippen LogP contribution in [-0.4, -0.2) is 15.6 Å². The van der Waals surface area contributed by atoms with Crippen molar-refractivity contribution in [1.82, 2.24) is 9.78 Å². The lowest BCUT2D eigenvalue weighted by Crippen LogP contribution is -2.20. The van der Waals surface area contributed by atoms with Crippen molar-refractivity contribution in [3.63, 3.8) is 0 Å². The normalized spacial score (nSPS) is 11.6. The molecule has 5 heteroatoms. The van der Waals surface area contributed by atoms with Gasteiger partial charge in [0.1, 0.15) is 11.7 Å². The molecule has 0 aromatic carbocycles. The van der Waals surface area contributed by atoms with Crippen LogP contribution in [0, 0.1) is 5.41 Å². The van der Waals surface area contributed by atoms with Crippen LogP contribution in [0.5, 0.6) is 0 Å². The van der Waals surface area contributed by atoms with E-state index >= 15 is 0 Å². The van der Waals surface area contributed by atoms with Gasteiger partial charge in [-0.3, -0.25) is 5.41 Å². The van der Waals surface area contributed by atoms with E-state index in [1.54, 1.807) is 4.68 Å². The molecule has 1 rings (SSSR count). The molecule has 0 unspecified atom stereocenters. The van der Waals surface area contributed by atoms with Gasteiger partial charge in [0, 0.05) is 11.5 Å². The summed E-state index contributed by atoms with van der Waals surface area (Å²) in [6.45, 7) is 6.44. The minimum atomic E-state index is -0.0316. The molecule has 0 saturated heterocycles. The Bertz CT molecular complexity index is 345. The summed E-state index contributed by atoms with van der Waals surface area (Å²) in [6, 6.07) is 1.82. The number of nitrogens with one attached hydrogen (secondary N) is 1. The summed E-state index contributed by atoms with van der Waals surface area (Å²) in [5, 5.41) is 11.4. The molecule has 0 radical (unpaired) electrons. The quantitative estimate of drug-likeness (QED) is 0.479. The molecule has 0 saturated carbocycles. The maximum absolute atomic E-state index is 7.16. The number of nitrogens with zero attached hydrogens (tertiary/aromatic N) is 2. The van der Waals surface area contributed by atoms with Crippen LogP contribution in [0.2, 0.25) is 0 Å². The van der Waals surface area contributed by atoms with Crippen LogP contribution in [0.3, 0.4) is 0 Å². The lowest BCUT2D eigenvalue weighted by Gasteiger charge is -2.13. The Morgan fingerprint density at radius 1 is 1.57 bits per heavy atom. The molecule has 1 heterocycles. The van der Waals surface area contributed by atoms with Gasteiger partial charge in [-0.25, -0.2) is 4.68 Å². The third-order valence-corrected chi connectivity index (χ3v) is 1.90. The lowest BCUT2D eigenvalue weighted by atomic mass is 9.92. The Labute approximate surface area is 83.6 Å². The van der Waals surface area contributed by atoms with Gasteiger partial charge in [0.15, 0.2) is 0 Å². The van der Waals surface area contributed by atoms with E-state index in [0.29, 0.717) is 5.82 Å². The van der Waals surface area contributed by atoms with Crippen LogP contribution in [0.4, 0.5) is 5.82 Å². The molecule has 1 aromatic heterocycles. The Morgan fingerprint density at radius 3 is 2.50 bits per heavy atom. The Hall–Kier alpha value is -1.52. The highest BCUT2D eigenvalue weighted by molar-refractivity contribution is 5.76. The fraction of sp³-hybridized carbons (Fsp3) is 0.556. The molecular weight excluding hydrogens is 178 g/mol. The topological polar surface area (TPSA) is 93.7 Å². The first-order chi connectivity index (χ1) is 6.30. The van der Waals surface area contributed by atoms with E-state index in [2.05, 4.69) is 25.9 Å². The van der Waals surface area contributed by atoms with Crippen LogP contribution < -0.4 is 11.5 Å². The van der Waals surface area contributed by atoms with Crippen LogP contribution in [-0.2, 0) is 12.0 Å². The van der Waals surface area contributed by atoms with E-state index in [1.165, 1.54) is 0 Å². The molecule has 0 fully saturated rings. The minimum Gasteiger partial charge on any atom is -0.386 e. The van der Waals surface area contributed by atoms with Gasteiger partial charge in [-0.2, -0.15) is 5.10 Å². The van der Waals surface area contributed by atoms with Crippen molar-refractivity contribution < 1.29 is 0 Å². The van der Waals surface area contributed by atoms with Crippen molar-refractivity contribution in [1.29, 1.82) is 5.41 Å². The number of amidine groups is 1. The lowest BCUT2D eigenvalue weighted by molar-refractivity contribution is 0.549. The predicted molar refractivity (Wildman–Crippen MR) is 57.3 cm³/mol. The van der Waals surface area contributed by atoms with Crippen molar-refractivity contribution in [2.24, 2.45) is 5.73 Å². The van der Waals surface area contributed by atoms with Gasteiger partial charge >= 0.3 is 0 Å². The summed E-state index contributed by atoms with van der Waals surface area (Å²) >= 11 is 0. The van der Waals surface area contributed by atoms with Crippen molar-refractivity contribution in [3.05, 3.63) is 11.8 Å². The molecule has 0 aliphatic carbocycles. The summed E-state index contributed by atoms with van der Waals surface area (Å²) in [7, 11) is 0. The summed E-state index contributed by atoms with van der Waals surface area (Å²) in [5.74, 6) is 0.602. The SMILES string of the molecule is CC(C)(C)c1cc(N)n(CC(=N)N)n1. The van der Waals surface area contributed by atoms with Gasteiger partial charge in [-0.15, -0.1) is 0 Å². The molecule has 14 heavy (non-hydrogen) atoms. The van der Waals surface area contributed by atoms with Gasteiger partial charge in [-0.1, -0.05) is 20.8 Å². The van der Waals surface area contributed by atoms with E-state index in [9.17, 15) is 0 Å². The second-order valence-electron chi connectivity index (χ2n) is 4.39. The van der Waals surface area contributed by atoms with Crippen LogP contribution in [0.15, 0.2) is 6.07 Å². The predicted octanol–water partition coefficient (Wildman–Crippen LogP) is 0.699. The van der Waals surface area contributed by atoms with Crippen molar-refractivity contribution in [2.75, 3.05) is 5.73 Å². The number of rotatable bonds is 2. The summed E-state index contributed by atoms with van der Waals surface area (Å²) < 4.78 is 1.54. The molecule has 0 aliphatic heterocycles. The Kier molecular flexibility index (Phi) is 2.51. The van der Waals surface area contributed by atoms with E-state index in [0.717, 1.165) is 5.69 Å². The molecule has 5 N–H and O–H groups in total. The highest BCUT2D eigenvalue weighted by atomic mass is 15.3. The van der Waals surface area contributed by atoms with E-state index < -0.39 is 0 Å². The summed E-state index contributed by atoms with van der Waals surface area (Å²) in [4.78, 5) is 0. The molecule has 5 nitrogen and oxygen atoms in total. The molecule has 78 valence electrons. The summed E-state index contributed by atoms with van der Waals surface area (Å²) in [5.41, 5.74) is 11.9. The van der Waals surface area contributed by atoms with Crippen molar-refractivity contribution in [2.45, 2.75) is 32.7 Å². The fourth-order valence-electron chi connectivity index (χ4n) is 1.09. The smallest absolute Gasteiger partial charge is 0.122 e. The molecule has 1 aromatic rings. The van der Waals surface area contributed by atoms with Gasteiger partial charge in [0.2, 0.25) is 0 Å². The zero-order chi connectivity index (χ0) is 10.9. The maximum Gasteiger partial charge on any atom is 0.122 e. The monoisotopic (exact) mass is 195 g/mol. The van der Waals surface area contributed by atoms with Crippen LogP contribution in [0.1, 0.15) is 26.5 Å². The van der Waals surface area contributed by atoms with E-state index in [1.807, 2.05) is 6.07 Å². The largest absolute Gasteiger partial charge is 0.386 e. The maximum atomic E-state index is 7.16. The zero-order valence-electron chi connectivity index (χ0n) is 8.83. The van der Waals surface area contributed by atoms with Crippen molar-refractivity contribution >= 4 is 11.7 Å². The second-order valence-corrected chi connectivity index (χ2v) is 4.39. The Morgan fingerprint density at radius 2 is 2.14 bits per heavy atom. The number of nitrogen functional groups attached to an aromatic ring is 1. The first-order valence-corrected chi connectivity index (χ1v) is 4.47. The molecule has 0 atom stereocenters. The van der Waals surface area contributed by atoms with E-state index in [-0.39, 0.29) is 17.8 Å². The van der Waals surface area contributed by atoms with Gasteiger partial charge in [-0.05, 0) is 0 Å². The molecule has 0 spiro atoms. The van der Waals surface area contributed by atoms with Crippen LogP contribution >= 0.6 is 0 Å². The highest BCUT2D eigenvalue weighted by Gasteiger charge is 2.18. The number of hydrogen-bond acceptors (Lipinski definition) is 3. The van der Waals surface area contributed by atoms with Gasteiger partial charge < -0.3 is 11.5 Å². The standard InChI is InChI=1S/C9H17N5/c1-9(2,3)6-4-8(12)14(13-6)5-7(10)11/h4H,5,12H2,1-3H3,(H3,10,11). The third-order valence-electron chi connectivity index (χ3n) is 1.90. The fourth-order valence-corrected chi connectivity index (χ4v) is 1.09. The number of hydrogen-bond donors (Lipinski definition) is 3. The third kappa shape index (κ3) is 2.25.